The second kappa shape index (κ2) is 5.17. The summed E-state index contributed by atoms with van der Waals surface area (Å²) in [5, 5.41) is 12.7. The number of rotatable bonds is 5. The molecule has 0 heterocycles. The molecule has 2 aliphatic carbocycles. The van der Waals surface area contributed by atoms with E-state index in [9.17, 15) is 14.7 Å². The van der Waals surface area contributed by atoms with Crippen LogP contribution >= 0.6 is 0 Å². The maximum absolute atomic E-state index is 11.6. The van der Waals surface area contributed by atoms with Crippen molar-refractivity contribution in [2.75, 3.05) is 0 Å². The summed E-state index contributed by atoms with van der Waals surface area (Å²) < 4.78 is 0. The lowest BCUT2D eigenvalue weighted by atomic mass is 9.90. The van der Waals surface area contributed by atoms with Gasteiger partial charge in [0, 0.05) is 18.4 Å². The largest absolute Gasteiger partial charge is 0.383 e. The van der Waals surface area contributed by atoms with Gasteiger partial charge in [-0.3, -0.25) is 9.59 Å². The molecule has 2 saturated carbocycles. The van der Waals surface area contributed by atoms with Crippen molar-refractivity contribution in [2.24, 2.45) is 11.8 Å². The predicted molar refractivity (Wildman–Crippen MR) is 63.3 cm³/mol. The first-order valence-electron chi connectivity index (χ1n) is 6.59. The number of ketones is 1. The molecule has 0 aromatic carbocycles. The lowest BCUT2D eigenvalue weighted by molar-refractivity contribution is -0.133. The highest BCUT2D eigenvalue weighted by Gasteiger charge is 2.32. The lowest BCUT2D eigenvalue weighted by Crippen LogP contribution is -2.40. The summed E-state index contributed by atoms with van der Waals surface area (Å²) in [7, 11) is 0. The van der Waals surface area contributed by atoms with Crippen LogP contribution in [0.5, 0.6) is 0 Å². The van der Waals surface area contributed by atoms with Gasteiger partial charge in [-0.1, -0.05) is 6.92 Å². The molecule has 0 saturated heterocycles. The molecule has 0 radical (unpaired) electrons. The molecule has 17 heavy (non-hydrogen) atoms. The summed E-state index contributed by atoms with van der Waals surface area (Å²) in [5.41, 5.74) is 0. The predicted octanol–water partition coefficient (Wildman–Crippen LogP) is 1.02. The molecule has 2 rings (SSSR count). The van der Waals surface area contributed by atoms with E-state index in [2.05, 4.69) is 5.32 Å². The maximum Gasteiger partial charge on any atom is 0.249 e. The van der Waals surface area contributed by atoms with Crippen molar-refractivity contribution in [1.82, 2.24) is 5.32 Å². The van der Waals surface area contributed by atoms with Crippen LogP contribution in [0.1, 0.15) is 45.4 Å². The van der Waals surface area contributed by atoms with Crippen molar-refractivity contribution < 1.29 is 14.7 Å². The minimum absolute atomic E-state index is 0.0633. The summed E-state index contributed by atoms with van der Waals surface area (Å²) in [6, 6.07) is 0.275. The number of carbonyl (C=O) groups excluding carboxylic acids is 2. The molecule has 2 fully saturated rings. The number of hydrogen-bond acceptors (Lipinski definition) is 3. The van der Waals surface area contributed by atoms with E-state index in [1.807, 2.05) is 6.92 Å². The van der Waals surface area contributed by atoms with Crippen molar-refractivity contribution in [1.29, 1.82) is 0 Å². The van der Waals surface area contributed by atoms with Crippen molar-refractivity contribution in [2.45, 2.75) is 57.6 Å². The molecule has 1 unspecified atom stereocenters. The van der Waals surface area contributed by atoms with E-state index in [0.29, 0.717) is 18.6 Å². The van der Waals surface area contributed by atoms with Gasteiger partial charge in [-0.25, -0.2) is 0 Å². The highest BCUT2D eigenvalue weighted by Crippen LogP contribution is 2.29. The van der Waals surface area contributed by atoms with Crippen LogP contribution in [0.2, 0.25) is 0 Å². The highest BCUT2D eigenvalue weighted by atomic mass is 16.3. The quantitative estimate of drug-likeness (QED) is 0.752. The zero-order valence-corrected chi connectivity index (χ0v) is 10.3. The number of aliphatic hydroxyl groups excluding tert-OH is 1. The molecular weight excluding hydrogens is 218 g/mol. The molecule has 4 heteroatoms. The molecule has 0 aromatic heterocycles. The third kappa shape index (κ3) is 3.28. The molecular formula is C13H21NO3. The highest BCUT2D eigenvalue weighted by molar-refractivity contribution is 5.83. The van der Waals surface area contributed by atoms with Crippen molar-refractivity contribution >= 4 is 11.7 Å². The van der Waals surface area contributed by atoms with Gasteiger partial charge in [0.25, 0.3) is 0 Å². The number of nitrogens with one attached hydrogen (secondary N) is 1. The monoisotopic (exact) mass is 239 g/mol. The molecule has 0 aromatic rings. The molecule has 0 spiro atoms. The minimum Gasteiger partial charge on any atom is -0.383 e. The van der Waals surface area contributed by atoms with E-state index in [-0.39, 0.29) is 23.8 Å². The van der Waals surface area contributed by atoms with E-state index in [1.165, 1.54) is 0 Å². The Labute approximate surface area is 102 Å². The first-order valence-corrected chi connectivity index (χ1v) is 6.59. The summed E-state index contributed by atoms with van der Waals surface area (Å²) >= 11 is 0. The van der Waals surface area contributed by atoms with Crippen LogP contribution in [0.4, 0.5) is 0 Å². The van der Waals surface area contributed by atoms with Gasteiger partial charge >= 0.3 is 0 Å². The number of amides is 1. The molecule has 96 valence electrons. The van der Waals surface area contributed by atoms with Gasteiger partial charge in [0.05, 0.1) is 0 Å². The Morgan fingerprint density at radius 2 is 2.18 bits per heavy atom. The van der Waals surface area contributed by atoms with Crippen LogP contribution in [-0.2, 0) is 9.59 Å². The Morgan fingerprint density at radius 1 is 1.47 bits per heavy atom. The van der Waals surface area contributed by atoms with Gasteiger partial charge in [0.1, 0.15) is 11.9 Å². The van der Waals surface area contributed by atoms with Crippen LogP contribution < -0.4 is 5.32 Å². The van der Waals surface area contributed by atoms with Crippen molar-refractivity contribution in [3.8, 4) is 0 Å². The second-order valence-corrected chi connectivity index (χ2v) is 5.50. The molecule has 2 aliphatic rings. The van der Waals surface area contributed by atoms with Gasteiger partial charge in [0.15, 0.2) is 0 Å². The normalized spacial score (nSPS) is 27.9. The Bertz CT molecular complexity index is 312. The fourth-order valence-corrected chi connectivity index (χ4v) is 2.49. The van der Waals surface area contributed by atoms with Gasteiger partial charge < -0.3 is 10.4 Å². The van der Waals surface area contributed by atoms with Crippen LogP contribution in [0.25, 0.3) is 0 Å². The number of carbonyl (C=O) groups is 2. The molecule has 0 bridgehead atoms. The topological polar surface area (TPSA) is 66.4 Å². The van der Waals surface area contributed by atoms with E-state index < -0.39 is 6.10 Å². The summed E-state index contributed by atoms with van der Waals surface area (Å²) in [6.07, 6.45) is 4.26. The minimum atomic E-state index is -0.969. The average molecular weight is 239 g/mol. The number of aliphatic hydroxyl groups is 1. The first-order chi connectivity index (χ1) is 8.08. The average Bonchev–Trinajstić information content (AvgIpc) is 3.02. The Balaban J connectivity index is 1.78. The maximum atomic E-state index is 11.6. The standard InChI is InChI=1S/C13H21NO3/c1-8(7-9-3-2-4-11(9)15)12(16)13(17)14-10-5-6-10/h8-10,12,16H,2-7H2,1H3,(H,14,17)/t8-,9-,12?/m0/s1. The van der Waals surface area contributed by atoms with Gasteiger partial charge in [-0.15, -0.1) is 0 Å². The zero-order valence-electron chi connectivity index (χ0n) is 10.3. The Morgan fingerprint density at radius 3 is 2.71 bits per heavy atom. The van der Waals surface area contributed by atoms with E-state index >= 15 is 0 Å². The van der Waals surface area contributed by atoms with E-state index in [4.69, 9.17) is 0 Å². The Kier molecular flexibility index (Phi) is 3.82. The van der Waals surface area contributed by atoms with Crippen LogP contribution in [0, 0.1) is 11.8 Å². The van der Waals surface area contributed by atoms with Gasteiger partial charge in [0.2, 0.25) is 5.91 Å². The van der Waals surface area contributed by atoms with Gasteiger partial charge in [-0.05, 0) is 38.0 Å². The van der Waals surface area contributed by atoms with E-state index in [1.54, 1.807) is 0 Å². The first kappa shape index (κ1) is 12.6. The van der Waals surface area contributed by atoms with Crippen LogP contribution in [0.3, 0.4) is 0 Å². The summed E-state index contributed by atoms with van der Waals surface area (Å²) in [6.45, 7) is 1.85. The number of hydrogen-bond donors (Lipinski definition) is 2. The SMILES string of the molecule is C[C@@H](C[C@@H]1CCCC1=O)C(O)C(=O)NC1CC1. The van der Waals surface area contributed by atoms with E-state index in [0.717, 1.165) is 25.7 Å². The lowest BCUT2D eigenvalue weighted by Gasteiger charge is -2.20. The third-order valence-corrected chi connectivity index (χ3v) is 3.82. The fraction of sp³-hybridized carbons (Fsp3) is 0.846. The van der Waals surface area contributed by atoms with Gasteiger partial charge in [-0.2, -0.15) is 0 Å². The smallest absolute Gasteiger partial charge is 0.249 e. The van der Waals surface area contributed by atoms with Crippen LogP contribution in [0.15, 0.2) is 0 Å². The molecule has 0 aliphatic heterocycles. The fourth-order valence-electron chi connectivity index (χ4n) is 2.49. The zero-order chi connectivity index (χ0) is 12.4. The molecule has 2 N–H and O–H groups in total. The second-order valence-electron chi connectivity index (χ2n) is 5.50. The van der Waals surface area contributed by atoms with Crippen molar-refractivity contribution in [3.05, 3.63) is 0 Å². The summed E-state index contributed by atoms with van der Waals surface area (Å²) in [5.74, 6) is -0.0497. The Hall–Kier alpha value is -0.900. The molecule has 3 atom stereocenters. The third-order valence-electron chi connectivity index (χ3n) is 3.82. The molecule has 1 amide bonds. The number of Topliss-reactive ketones (excluding diaryl/α,β-unsaturated/α-hetero) is 1. The van der Waals surface area contributed by atoms with Crippen LogP contribution in [-0.4, -0.2) is 28.9 Å². The van der Waals surface area contributed by atoms with Crippen molar-refractivity contribution in [3.63, 3.8) is 0 Å². The summed E-state index contributed by atoms with van der Waals surface area (Å²) in [4.78, 5) is 23.2. The molecule has 4 nitrogen and oxygen atoms in total.